The van der Waals surface area contributed by atoms with Gasteiger partial charge in [-0.05, 0) is 25.9 Å². The average molecular weight is 247 g/mol. The second-order valence-corrected chi connectivity index (χ2v) is 4.91. The highest BCUT2D eigenvalue weighted by atomic mass is 35.5. The maximum Gasteiger partial charge on any atom is 0.224 e. The molecule has 1 N–H and O–H groups in total. The summed E-state index contributed by atoms with van der Waals surface area (Å²) in [4.78, 5) is 13.9. The van der Waals surface area contributed by atoms with E-state index in [4.69, 9.17) is 11.6 Å². The molecular formula is C12H23ClN2O. The largest absolute Gasteiger partial charge is 0.355 e. The lowest BCUT2D eigenvalue weighted by Gasteiger charge is -2.20. The molecule has 0 bridgehead atoms. The van der Waals surface area contributed by atoms with Crippen LogP contribution in [0.3, 0.4) is 0 Å². The van der Waals surface area contributed by atoms with Crippen LogP contribution in [0.2, 0.25) is 0 Å². The molecule has 1 aliphatic rings. The number of likely N-dealkylation sites (tertiary alicyclic amines) is 1. The fourth-order valence-corrected chi connectivity index (χ4v) is 2.08. The van der Waals surface area contributed by atoms with Gasteiger partial charge in [-0.15, -0.1) is 11.6 Å². The first-order valence-electron chi connectivity index (χ1n) is 6.30. The van der Waals surface area contributed by atoms with Gasteiger partial charge in [0.25, 0.3) is 0 Å². The number of carbonyl (C=O) groups is 1. The lowest BCUT2D eigenvalue weighted by Crippen LogP contribution is -2.37. The molecule has 1 fully saturated rings. The maximum absolute atomic E-state index is 11.5. The number of rotatable bonds is 5. The van der Waals surface area contributed by atoms with Crippen LogP contribution in [0.1, 0.15) is 32.6 Å². The van der Waals surface area contributed by atoms with E-state index < -0.39 is 0 Å². The summed E-state index contributed by atoms with van der Waals surface area (Å²) in [5.41, 5.74) is 0. The minimum atomic E-state index is -0.0780. The molecule has 1 rings (SSSR count). The summed E-state index contributed by atoms with van der Waals surface area (Å²) in [6.07, 6.45) is 5.30. The molecule has 4 heteroatoms. The Hall–Kier alpha value is -0.280. The molecule has 0 aliphatic carbocycles. The smallest absolute Gasteiger partial charge is 0.224 e. The normalized spacial score (nSPS) is 20.1. The van der Waals surface area contributed by atoms with Crippen LogP contribution in [0.4, 0.5) is 0 Å². The van der Waals surface area contributed by atoms with Gasteiger partial charge >= 0.3 is 0 Å². The Morgan fingerprint density at radius 2 is 1.94 bits per heavy atom. The van der Waals surface area contributed by atoms with Crippen molar-refractivity contribution in [3.8, 4) is 0 Å². The third-order valence-electron chi connectivity index (χ3n) is 3.10. The zero-order valence-corrected chi connectivity index (χ0v) is 10.9. The first kappa shape index (κ1) is 13.8. The molecule has 0 saturated carbocycles. The van der Waals surface area contributed by atoms with E-state index in [-0.39, 0.29) is 11.8 Å². The Kier molecular flexibility index (Phi) is 6.81. The van der Waals surface area contributed by atoms with Crippen molar-refractivity contribution >= 4 is 17.5 Å². The topological polar surface area (TPSA) is 32.3 Å². The Bertz CT molecular complexity index is 203. The number of hydrogen-bond acceptors (Lipinski definition) is 2. The van der Waals surface area contributed by atoms with Crippen molar-refractivity contribution in [3.05, 3.63) is 0 Å². The molecule has 3 nitrogen and oxygen atoms in total. The van der Waals surface area contributed by atoms with Gasteiger partial charge in [-0.3, -0.25) is 4.79 Å². The zero-order valence-electron chi connectivity index (χ0n) is 10.2. The molecule has 1 amide bonds. The van der Waals surface area contributed by atoms with E-state index in [0.717, 1.165) is 13.1 Å². The Balaban J connectivity index is 2.11. The molecule has 1 aliphatic heterocycles. The van der Waals surface area contributed by atoms with Gasteiger partial charge in [-0.2, -0.15) is 0 Å². The molecule has 0 radical (unpaired) electrons. The molecule has 1 saturated heterocycles. The van der Waals surface area contributed by atoms with Gasteiger partial charge < -0.3 is 10.2 Å². The van der Waals surface area contributed by atoms with Crippen LogP contribution >= 0.6 is 11.6 Å². The second-order valence-electron chi connectivity index (χ2n) is 4.60. The molecule has 1 unspecified atom stereocenters. The van der Waals surface area contributed by atoms with Gasteiger partial charge in [-0.25, -0.2) is 0 Å². The monoisotopic (exact) mass is 246 g/mol. The van der Waals surface area contributed by atoms with Crippen LogP contribution in [0.5, 0.6) is 0 Å². The average Bonchev–Trinajstić information content (AvgIpc) is 2.56. The highest BCUT2D eigenvalue weighted by molar-refractivity contribution is 6.19. The molecule has 16 heavy (non-hydrogen) atoms. The van der Waals surface area contributed by atoms with Gasteiger partial charge in [-0.1, -0.05) is 19.8 Å². The second kappa shape index (κ2) is 7.91. The van der Waals surface area contributed by atoms with Crippen molar-refractivity contribution in [2.45, 2.75) is 32.6 Å². The molecular weight excluding hydrogens is 224 g/mol. The Morgan fingerprint density at radius 3 is 2.50 bits per heavy atom. The summed E-state index contributed by atoms with van der Waals surface area (Å²) in [6, 6.07) is 0. The minimum Gasteiger partial charge on any atom is -0.355 e. The van der Waals surface area contributed by atoms with Crippen molar-refractivity contribution in [2.75, 3.05) is 32.1 Å². The summed E-state index contributed by atoms with van der Waals surface area (Å²) in [5.74, 6) is 0.394. The number of alkyl halides is 1. The van der Waals surface area contributed by atoms with E-state index in [1.54, 1.807) is 0 Å². The quantitative estimate of drug-likeness (QED) is 0.751. The van der Waals surface area contributed by atoms with Crippen LogP contribution < -0.4 is 5.32 Å². The van der Waals surface area contributed by atoms with E-state index in [2.05, 4.69) is 10.2 Å². The van der Waals surface area contributed by atoms with E-state index >= 15 is 0 Å². The number of nitrogens with one attached hydrogen (secondary N) is 1. The Labute approximate surface area is 104 Å². The number of nitrogens with zero attached hydrogens (tertiary/aromatic N) is 1. The van der Waals surface area contributed by atoms with Crippen molar-refractivity contribution < 1.29 is 4.79 Å². The van der Waals surface area contributed by atoms with Gasteiger partial charge in [0, 0.05) is 24.9 Å². The number of halogens is 1. The fraction of sp³-hybridized carbons (Fsp3) is 0.917. The van der Waals surface area contributed by atoms with Crippen molar-refractivity contribution in [2.24, 2.45) is 5.92 Å². The van der Waals surface area contributed by atoms with Crippen molar-refractivity contribution in [1.82, 2.24) is 10.2 Å². The molecule has 94 valence electrons. The first-order valence-corrected chi connectivity index (χ1v) is 6.83. The molecule has 1 atom stereocenters. The standard InChI is InChI=1S/C12H23ClN2O/c1-11(10-13)12(16)14-6-9-15-7-4-2-3-5-8-15/h11H,2-10H2,1H3,(H,14,16). The van der Waals surface area contributed by atoms with Crippen LogP contribution in [0.25, 0.3) is 0 Å². The fourth-order valence-electron chi connectivity index (χ4n) is 1.94. The summed E-state index contributed by atoms with van der Waals surface area (Å²) < 4.78 is 0. The molecule has 0 aromatic carbocycles. The molecule has 0 aromatic rings. The third-order valence-corrected chi connectivity index (χ3v) is 3.57. The summed E-state index contributed by atoms with van der Waals surface area (Å²) >= 11 is 5.62. The molecule has 0 aromatic heterocycles. The van der Waals surface area contributed by atoms with Crippen LogP contribution in [-0.2, 0) is 4.79 Å². The van der Waals surface area contributed by atoms with Crippen molar-refractivity contribution in [3.63, 3.8) is 0 Å². The maximum atomic E-state index is 11.5. The van der Waals surface area contributed by atoms with E-state index in [9.17, 15) is 4.79 Å². The number of amides is 1. The van der Waals surface area contributed by atoms with E-state index in [1.807, 2.05) is 6.92 Å². The summed E-state index contributed by atoms with van der Waals surface area (Å²) in [7, 11) is 0. The SMILES string of the molecule is CC(CCl)C(=O)NCCN1CCCCCC1. The lowest BCUT2D eigenvalue weighted by atomic mass is 10.2. The molecule has 1 heterocycles. The van der Waals surface area contributed by atoms with Gasteiger partial charge in [0.2, 0.25) is 5.91 Å². The van der Waals surface area contributed by atoms with Crippen LogP contribution in [0.15, 0.2) is 0 Å². The highest BCUT2D eigenvalue weighted by Gasteiger charge is 2.12. The number of carbonyl (C=O) groups excluding carboxylic acids is 1. The highest BCUT2D eigenvalue weighted by Crippen LogP contribution is 2.08. The van der Waals surface area contributed by atoms with E-state index in [0.29, 0.717) is 5.88 Å². The van der Waals surface area contributed by atoms with Crippen LogP contribution in [-0.4, -0.2) is 42.9 Å². The first-order chi connectivity index (χ1) is 7.74. The van der Waals surface area contributed by atoms with Gasteiger partial charge in [0.15, 0.2) is 0 Å². The minimum absolute atomic E-state index is 0.0739. The van der Waals surface area contributed by atoms with Crippen molar-refractivity contribution in [1.29, 1.82) is 0 Å². The van der Waals surface area contributed by atoms with E-state index in [1.165, 1.54) is 38.8 Å². The third kappa shape index (κ3) is 5.17. The number of hydrogen-bond donors (Lipinski definition) is 1. The predicted octanol–water partition coefficient (Wildman–Crippen LogP) is 1.85. The predicted molar refractivity (Wildman–Crippen MR) is 67.8 cm³/mol. The summed E-state index contributed by atoms with van der Waals surface area (Å²) in [5, 5.41) is 2.94. The Morgan fingerprint density at radius 1 is 1.31 bits per heavy atom. The van der Waals surface area contributed by atoms with Gasteiger partial charge in [0.1, 0.15) is 0 Å². The lowest BCUT2D eigenvalue weighted by molar-refractivity contribution is -0.123. The van der Waals surface area contributed by atoms with Crippen LogP contribution in [0, 0.1) is 5.92 Å². The zero-order chi connectivity index (χ0) is 11.8. The summed E-state index contributed by atoms with van der Waals surface area (Å²) in [6.45, 7) is 5.94. The van der Waals surface area contributed by atoms with Gasteiger partial charge in [0.05, 0.1) is 0 Å². The molecule has 0 spiro atoms.